The topological polar surface area (TPSA) is 129 Å². The van der Waals surface area contributed by atoms with Crippen molar-refractivity contribution in [2.45, 2.75) is 44.6 Å². The molecule has 3 N–H and O–H groups in total. The van der Waals surface area contributed by atoms with E-state index in [1.165, 1.54) is 12.1 Å². The number of anilines is 1. The second-order valence-corrected chi connectivity index (χ2v) is 12.7. The van der Waals surface area contributed by atoms with Gasteiger partial charge < -0.3 is 19.7 Å². The van der Waals surface area contributed by atoms with E-state index in [4.69, 9.17) is 4.42 Å². The molecular weight excluding hydrogens is 554 g/mol. The largest absolute Gasteiger partial charge is 0.480 e. The van der Waals surface area contributed by atoms with Gasteiger partial charge in [-0.25, -0.2) is 8.42 Å². The van der Waals surface area contributed by atoms with Crippen LogP contribution in [0.4, 0.5) is 5.69 Å². The Morgan fingerprint density at radius 3 is 2.14 bits per heavy atom. The van der Waals surface area contributed by atoms with Crippen molar-refractivity contribution in [2.24, 2.45) is 5.92 Å². The van der Waals surface area contributed by atoms with Crippen LogP contribution < -0.4 is 10.0 Å². The molecule has 10 heteroatoms. The van der Waals surface area contributed by atoms with Crippen molar-refractivity contribution in [3.8, 4) is 11.1 Å². The Hall–Kier alpha value is -3.99. The van der Waals surface area contributed by atoms with Gasteiger partial charge in [-0.1, -0.05) is 50.2 Å². The van der Waals surface area contributed by atoms with Crippen LogP contribution in [-0.4, -0.2) is 57.0 Å². The summed E-state index contributed by atoms with van der Waals surface area (Å²) in [5.41, 5.74) is 4.84. The van der Waals surface area contributed by atoms with Gasteiger partial charge >= 0.3 is 5.97 Å². The molecule has 1 aromatic heterocycles. The Balaban J connectivity index is 1.46. The first-order valence-electron chi connectivity index (χ1n) is 13.8. The molecule has 0 aliphatic heterocycles. The molecule has 0 saturated heterocycles. The van der Waals surface area contributed by atoms with Gasteiger partial charge in [-0.15, -0.1) is 0 Å². The standard InChI is InChI=1S/C32H37N3O6S/c1-20(2)29(32(37)38)34-42(39,40)26-17-13-23(14-18-26)22-11-15-25(16-12-22)33-31(36)30-21(3)28-24(9-7-19-35(4)5)8-6-10-27(28)41-30/h6,8,10-18,20,29,34H,7,9,19H2,1-5H3,(H,33,36)(H,37,38)/t29-/m0/s1. The van der Waals surface area contributed by atoms with E-state index in [0.717, 1.165) is 47.0 Å². The molecule has 0 radical (unpaired) electrons. The highest BCUT2D eigenvalue weighted by Crippen LogP contribution is 2.30. The third kappa shape index (κ3) is 7.07. The third-order valence-corrected chi connectivity index (χ3v) is 8.61. The van der Waals surface area contributed by atoms with E-state index < -0.39 is 28.0 Å². The van der Waals surface area contributed by atoms with Crippen molar-refractivity contribution >= 4 is 38.6 Å². The maximum Gasteiger partial charge on any atom is 0.322 e. The van der Waals surface area contributed by atoms with Gasteiger partial charge in [0.05, 0.1) is 4.90 Å². The molecule has 1 amide bonds. The van der Waals surface area contributed by atoms with E-state index in [9.17, 15) is 23.1 Å². The van der Waals surface area contributed by atoms with Gasteiger partial charge in [0.15, 0.2) is 5.76 Å². The number of carboxylic acid groups (broad SMARTS) is 1. The molecule has 0 bridgehead atoms. The van der Waals surface area contributed by atoms with E-state index in [2.05, 4.69) is 21.0 Å². The summed E-state index contributed by atoms with van der Waals surface area (Å²) >= 11 is 0. The smallest absolute Gasteiger partial charge is 0.322 e. The summed E-state index contributed by atoms with van der Waals surface area (Å²) in [6.07, 6.45) is 1.89. The number of benzene rings is 3. The van der Waals surface area contributed by atoms with Crippen molar-refractivity contribution in [1.29, 1.82) is 0 Å². The first-order valence-corrected chi connectivity index (χ1v) is 15.3. The first-order chi connectivity index (χ1) is 19.9. The van der Waals surface area contributed by atoms with E-state index in [1.807, 2.05) is 45.3 Å². The number of fused-ring (bicyclic) bond motifs is 1. The number of aliphatic carboxylic acids is 1. The van der Waals surface area contributed by atoms with Gasteiger partial charge in [-0.3, -0.25) is 9.59 Å². The molecular formula is C32H37N3O6S. The molecule has 222 valence electrons. The Bertz CT molecular complexity index is 1670. The summed E-state index contributed by atoms with van der Waals surface area (Å²) in [5, 5.41) is 13.2. The van der Waals surface area contributed by atoms with Crippen molar-refractivity contribution < 1.29 is 27.5 Å². The zero-order valence-corrected chi connectivity index (χ0v) is 25.3. The normalized spacial score (nSPS) is 12.6. The van der Waals surface area contributed by atoms with Crippen LogP contribution in [0.15, 0.2) is 76.0 Å². The van der Waals surface area contributed by atoms with Crippen molar-refractivity contribution in [1.82, 2.24) is 9.62 Å². The maximum atomic E-state index is 13.2. The molecule has 1 heterocycles. The number of aryl methyl sites for hydroxylation is 2. The minimum absolute atomic E-state index is 0.0240. The van der Waals surface area contributed by atoms with Crippen LogP contribution in [0.5, 0.6) is 0 Å². The number of carbonyl (C=O) groups is 2. The molecule has 0 saturated carbocycles. The highest BCUT2D eigenvalue weighted by Gasteiger charge is 2.28. The number of amides is 1. The number of hydrogen-bond acceptors (Lipinski definition) is 6. The highest BCUT2D eigenvalue weighted by atomic mass is 32.2. The molecule has 0 unspecified atom stereocenters. The summed E-state index contributed by atoms with van der Waals surface area (Å²) in [6.45, 7) is 6.16. The number of rotatable bonds is 12. The number of carboxylic acids is 1. The quantitative estimate of drug-likeness (QED) is 0.197. The average Bonchev–Trinajstić information content (AvgIpc) is 3.29. The number of nitrogens with one attached hydrogen (secondary N) is 2. The van der Waals surface area contributed by atoms with Gasteiger partial charge in [-0.05, 0) is 93.3 Å². The highest BCUT2D eigenvalue weighted by molar-refractivity contribution is 7.89. The van der Waals surface area contributed by atoms with Crippen LogP contribution in [0.3, 0.4) is 0 Å². The lowest BCUT2D eigenvalue weighted by Crippen LogP contribution is -2.44. The Kier molecular flexibility index (Phi) is 9.50. The average molecular weight is 592 g/mol. The summed E-state index contributed by atoms with van der Waals surface area (Å²) < 4.78 is 33.7. The zero-order chi connectivity index (χ0) is 30.6. The van der Waals surface area contributed by atoms with Gasteiger partial charge in [0.2, 0.25) is 10.0 Å². The Morgan fingerprint density at radius 1 is 0.952 bits per heavy atom. The van der Waals surface area contributed by atoms with E-state index in [-0.39, 0.29) is 16.6 Å². The second-order valence-electron chi connectivity index (χ2n) is 11.0. The van der Waals surface area contributed by atoms with Crippen LogP contribution in [-0.2, 0) is 21.2 Å². The van der Waals surface area contributed by atoms with Gasteiger partial charge in [-0.2, -0.15) is 4.72 Å². The van der Waals surface area contributed by atoms with Crippen molar-refractivity contribution in [3.05, 3.63) is 83.6 Å². The Morgan fingerprint density at radius 2 is 1.57 bits per heavy atom. The van der Waals surface area contributed by atoms with Crippen LogP contribution in [0.25, 0.3) is 22.1 Å². The molecule has 3 aromatic carbocycles. The minimum Gasteiger partial charge on any atom is -0.480 e. The second kappa shape index (κ2) is 12.9. The molecule has 1 atom stereocenters. The summed E-state index contributed by atoms with van der Waals surface area (Å²) in [4.78, 5) is 26.7. The fraction of sp³-hybridized carbons (Fsp3) is 0.312. The predicted octanol–water partition coefficient (Wildman–Crippen LogP) is 5.54. The number of sulfonamides is 1. The molecule has 42 heavy (non-hydrogen) atoms. The molecule has 4 rings (SSSR count). The predicted molar refractivity (Wildman–Crippen MR) is 164 cm³/mol. The van der Waals surface area contributed by atoms with E-state index in [1.54, 1.807) is 38.1 Å². The monoisotopic (exact) mass is 591 g/mol. The van der Waals surface area contributed by atoms with Crippen molar-refractivity contribution in [3.63, 3.8) is 0 Å². The van der Waals surface area contributed by atoms with Gasteiger partial charge in [0.25, 0.3) is 5.91 Å². The van der Waals surface area contributed by atoms with Gasteiger partial charge in [0, 0.05) is 16.6 Å². The molecule has 0 aliphatic rings. The van der Waals surface area contributed by atoms with E-state index in [0.29, 0.717) is 11.3 Å². The first kappa shape index (κ1) is 31.0. The molecule has 0 fully saturated rings. The maximum absolute atomic E-state index is 13.2. The van der Waals surface area contributed by atoms with Crippen LogP contribution >= 0.6 is 0 Å². The third-order valence-electron chi connectivity index (χ3n) is 7.15. The summed E-state index contributed by atoms with van der Waals surface area (Å²) in [7, 11) is 0.0899. The van der Waals surface area contributed by atoms with Crippen molar-refractivity contribution in [2.75, 3.05) is 26.0 Å². The lowest BCUT2D eigenvalue weighted by atomic mass is 10.0. The molecule has 0 aliphatic carbocycles. The number of furan rings is 1. The minimum atomic E-state index is -4.01. The number of hydrogen-bond donors (Lipinski definition) is 3. The zero-order valence-electron chi connectivity index (χ0n) is 24.5. The van der Waals surface area contributed by atoms with Gasteiger partial charge in [0.1, 0.15) is 11.6 Å². The SMILES string of the molecule is Cc1c(C(=O)Nc2ccc(-c3ccc(S(=O)(=O)N[C@H](C(=O)O)C(C)C)cc3)cc2)oc2cccc(CCCN(C)C)c12. The summed E-state index contributed by atoms with van der Waals surface area (Å²) in [5.74, 6) is -1.70. The van der Waals surface area contributed by atoms with Crippen LogP contribution in [0, 0.1) is 12.8 Å². The Labute approximate surface area is 246 Å². The number of carbonyl (C=O) groups excluding carboxylic acids is 1. The van der Waals surface area contributed by atoms with E-state index >= 15 is 0 Å². The lowest BCUT2D eigenvalue weighted by Gasteiger charge is -2.18. The number of nitrogens with zero attached hydrogens (tertiary/aromatic N) is 1. The van der Waals surface area contributed by atoms with Crippen LogP contribution in [0.2, 0.25) is 0 Å². The fourth-order valence-corrected chi connectivity index (χ4v) is 6.20. The summed E-state index contributed by atoms with van der Waals surface area (Å²) in [6, 6.07) is 18.1. The molecule has 4 aromatic rings. The molecule has 0 spiro atoms. The van der Waals surface area contributed by atoms with Crippen LogP contribution in [0.1, 0.15) is 41.9 Å². The lowest BCUT2D eigenvalue weighted by molar-refractivity contribution is -0.140. The molecule has 9 nitrogen and oxygen atoms in total. The fourth-order valence-electron chi connectivity index (χ4n) is 4.87.